The van der Waals surface area contributed by atoms with Gasteiger partial charge in [-0.1, -0.05) is 32.9 Å². The van der Waals surface area contributed by atoms with E-state index >= 15 is 0 Å². The van der Waals surface area contributed by atoms with Crippen LogP contribution in [0.2, 0.25) is 0 Å². The highest BCUT2D eigenvalue weighted by Crippen LogP contribution is 2.32. The number of aromatic hydroxyl groups is 1. The molecule has 5 nitrogen and oxygen atoms in total. The molecule has 0 atom stereocenters. The molecule has 0 saturated heterocycles. The molecule has 0 spiro atoms. The smallest absolute Gasteiger partial charge is 0.219 e. The Kier molecular flexibility index (Phi) is 5.42. The number of benzene rings is 3. The number of nitrogens with one attached hydrogen (secondary N) is 1. The van der Waals surface area contributed by atoms with E-state index in [0.717, 1.165) is 16.8 Å². The fourth-order valence-electron chi connectivity index (χ4n) is 3.29. The number of ether oxygens (including phenoxy) is 2. The first-order chi connectivity index (χ1) is 14.8. The van der Waals surface area contributed by atoms with E-state index in [2.05, 4.69) is 55.3 Å². The van der Waals surface area contributed by atoms with E-state index in [1.807, 2.05) is 30.3 Å². The zero-order valence-corrected chi connectivity index (χ0v) is 18.1. The van der Waals surface area contributed by atoms with Gasteiger partial charge in [-0.05, 0) is 59.5 Å². The lowest BCUT2D eigenvalue weighted by Crippen LogP contribution is -2.10. The summed E-state index contributed by atoms with van der Waals surface area (Å²) in [6.45, 7) is 6.62. The Morgan fingerprint density at radius 3 is 2.10 bits per heavy atom. The van der Waals surface area contributed by atoms with Crippen molar-refractivity contribution in [3.8, 4) is 23.1 Å². The summed E-state index contributed by atoms with van der Waals surface area (Å²) >= 11 is 0. The van der Waals surface area contributed by atoms with E-state index in [0.29, 0.717) is 22.9 Å². The Labute approximate surface area is 182 Å². The molecular formula is C26H26N2O3. The van der Waals surface area contributed by atoms with E-state index in [1.165, 1.54) is 12.7 Å². The first-order valence-corrected chi connectivity index (χ1v) is 10.1. The minimum absolute atomic E-state index is 0.0469. The second-order valence-electron chi connectivity index (χ2n) is 8.45. The number of anilines is 2. The maximum Gasteiger partial charge on any atom is 0.219 e. The van der Waals surface area contributed by atoms with E-state index in [-0.39, 0.29) is 11.2 Å². The molecule has 4 aromatic rings. The molecule has 0 amide bonds. The summed E-state index contributed by atoms with van der Waals surface area (Å²) in [5.74, 6) is 1.60. The lowest BCUT2D eigenvalue weighted by atomic mass is 9.87. The van der Waals surface area contributed by atoms with Crippen LogP contribution in [0, 0.1) is 0 Å². The molecule has 0 fully saturated rings. The summed E-state index contributed by atoms with van der Waals surface area (Å²) in [5.41, 5.74) is 4.08. The largest absolute Gasteiger partial charge is 0.504 e. The van der Waals surface area contributed by atoms with Gasteiger partial charge in [0.05, 0.1) is 12.6 Å². The van der Waals surface area contributed by atoms with Gasteiger partial charge < -0.3 is 19.9 Å². The van der Waals surface area contributed by atoms with Crippen LogP contribution in [0.4, 0.5) is 11.4 Å². The first kappa shape index (κ1) is 20.5. The summed E-state index contributed by atoms with van der Waals surface area (Å²) in [5, 5.41) is 14.2. The number of aromatic nitrogens is 1. The quantitative estimate of drug-likeness (QED) is 0.377. The Morgan fingerprint density at radius 1 is 0.839 bits per heavy atom. The Hall–Kier alpha value is -3.73. The highest BCUT2D eigenvalue weighted by atomic mass is 16.5. The van der Waals surface area contributed by atoms with Crippen molar-refractivity contribution in [3.05, 3.63) is 78.4 Å². The monoisotopic (exact) mass is 414 g/mol. The predicted molar refractivity (Wildman–Crippen MR) is 125 cm³/mol. The Bertz CT molecular complexity index is 1190. The minimum atomic E-state index is 0.0469. The molecule has 1 heterocycles. The van der Waals surface area contributed by atoms with E-state index < -0.39 is 0 Å². The highest BCUT2D eigenvalue weighted by molar-refractivity contribution is 5.83. The second-order valence-corrected chi connectivity index (χ2v) is 8.45. The topological polar surface area (TPSA) is 63.6 Å². The van der Waals surface area contributed by atoms with Gasteiger partial charge in [0.1, 0.15) is 5.75 Å². The third-order valence-electron chi connectivity index (χ3n) is 5.08. The number of phenols is 1. The van der Waals surface area contributed by atoms with Gasteiger partial charge in [0.2, 0.25) is 5.88 Å². The fourth-order valence-corrected chi connectivity index (χ4v) is 3.29. The van der Waals surface area contributed by atoms with Crippen LogP contribution in [0.1, 0.15) is 26.3 Å². The van der Waals surface area contributed by atoms with Gasteiger partial charge in [-0.15, -0.1) is 0 Å². The Morgan fingerprint density at radius 2 is 1.48 bits per heavy atom. The van der Waals surface area contributed by atoms with Crippen LogP contribution >= 0.6 is 0 Å². The van der Waals surface area contributed by atoms with Crippen LogP contribution in [0.25, 0.3) is 10.9 Å². The van der Waals surface area contributed by atoms with Gasteiger partial charge in [0.25, 0.3) is 0 Å². The second kappa shape index (κ2) is 8.19. The molecule has 31 heavy (non-hydrogen) atoms. The number of nitrogens with zero attached hydrogens (tertiary/aromatic N) is 1. The van der Waals surface area contributed by atoms with Gasteiger partial charge in [-0.2, -0.15) is 0 Å². The van der Waals surface area contributed by atoms with Crippen LogP contribution in [0.5, 0.6) is 23.1 Å². The first-order valence-electron chi connectivity index (χ1n) is 10.1. The third-order valence-corrected chi connectivity index (χ3v) is 5.08. The lowest BCUT2D eigenvalue weighted by Gasteiger charge is -2.19. The molecule has 0 saturated carbocycles. The van der Waals surface area contributed by atoms with Crippen molar-refractivity contribution in [1.29, 1.82) is 0 Å². The van der Waals surface area contributed by atoms with Gasteiger partial charge in [0, 0.05) is 28.9 Å². The molecule has 5 heteroatoms. The summed E-state index contributed by atoms with van der Waals surface area (Å²) in [4.78, 5) is 4.47. The molecule has 0 bridgehead atoms. The molecule has 1 aromatic heterocycles. The summed E-state index contributed by atoms with van der Waals surface area (Å²) in [7, 11) is 1.52. The highest BCUT2D eigenvalue weighted by Gasteiger charge is 2.13. The van der Waals surface area contributed by atoms with Gasteiger partial charge in [-0.25, -0.2) is 4.98 Å². The number of methoxy groups -OCH3 is 1. The maximum atomic E-state index is 9.98. The van der Waals surface area contributed by atoms with Crippen LogP contribution in [0.3, 0.4) is 0 Å². The van der Waals surface area contributed by atoms with E-state index in [9.17, 15) is 5.11 Å². The van der Waals surface area contributed by atoms with Crippen molar-refractivity contribution in [2.45, 2.75) is 26.2 Å². The van der Waals surface area contributed by atoms with Gasteiger partial charge >= 0.3 is 0 Å². The molecule has 0 aliphatic heterocycles. The molecule has 4 rings (SSSR count). The Balaban J connectivity index is 1.46. The number of phenolic OH excluding ortho intramolecular Hbond substituents is 1. The lowest BCUT2D eigenvalue weighted by molar-refractivity contribution is 0.374. The molecule has 2 N–H and O–H groups in total. The van der Waals surface area contributed by atoms with Crippen LogP contribution in [-0.4, -0.2) is 17.2 Å². The average Bonchev–Trinajstić information content (AvgIpc) is 2.74. The number of pyridine rings is 1. The minimum Gasteiger partial charge on any atom is -0.504 e. The summed E-state index contributed by atoms with van der Waals surface area (Å²) < 4.78 is 11.0. The van der Waals surface area contributed by atoms with Crippen LogP contribution in [0.15, 0.2) is 72.8 Å². The summed E-state index contributed by atoms with van der Waals surface area (Å²) in [6.07, 6.45) is 0. The van der Waals surface area contributed by atoms with Crippen molar-refractivity contribution in [1.82, 2.24) is 4.98 Å². The molecule has 0 unspecified atom stereocenters. The zero-order chi connectivity index (χ0) is 22.0. The fraction of sp³-hybridized carbons (Fsp3) is 0.192. The van der Waals surface area contributed by atoms with Crippen molar-refractivity contribution >= 4 is 22.3 Å². The normalized spacial score (nSPS) is 11.4. The van der Waals surface area contributed by atoms with Crippen molar-refractivity contribution in [2.75, 3.05) is 12.4 Å². The van der Waals surface area contributed by atoms with Crippen LogP contribution < -0.4 is 14.8 Å². The van der Waals surface area contributed by atoms with Crippen molar-refractivity contribution < 1.29 is 14.6 Å². The summed E-state index contributed by atoms with van der Waals surface area (Å²) in [6, 6.07) is 23.2. The standard InChI is InChI=1S/C26H26N2O3/c1-26(2,3)18-6-8-19(9-7-18)27-20-10-12-21(13-11-20)31-25-14-5-17-15-24(30-4)23(29)16-22(17)28-25/h5-16,27,29H,1-4H3. The van der Waals surface area contributed by atoms with Crippen LogP contribution in [-0.2, 0) is 5.41 Å². The molecule has 0 aliphatic rings. The molecule has 158 valence electrons. The van der Waals surface area contributed by atoms with Gasteiger partial charge in [0.15, 0.2) is 11.5 Å². The number of hydrogen-bond acceptors (Lipinski definition) is 5. The van der Waals surface area contributed by atoms with Crippen molar-refractivity contribution in [2.24, 2.45) is 0 Å². The number of fused-ring (bicyclic) bond motifs is 1. The van der Waals surface area contributed by atoms with Crippen molar-refractivity contribution in [3.63, 3.8) is 0 Å². The maximum absolute atomic E-state index is 9.98. The van der Waals surface area contributed by atoms with Gasteiger partial charge in [-0.3, -0.25) is 0 Å². The average molecular weight is 415 g/mol. The predicted octanol–water partition coefficient (Wildman–Crippen LogP) is 6.78. The third kappa shape index (κ3) is 4.72. The molecule has 3 aromatic carbocycles. The zero-order valence-electron chi connectivity index (χ0n) is 18.1. The number of hydrogen-bond donors (Lipinski definition) is 2. The SMILES string of the molecule is COc1cc2ccc(Oc3ccc(Nc4ccc(C(C)(C)C)cc4)cc3)nc2cc1O. The molecular weight excluding hydrogens is 388 g/mol. The molecule has 0 aliphatic carbocycles. The van der Waals surface area contributed by atoms with E-state index in [1.54, 1.807) is 18.2 Å². The molecule has 0 radical (unpaired) electrons. The number of rotatable bonds is 5. The van der Waals surface area contributed by atoms with E-state index in [4.69, 9.17) is 9.47 Å².